The number of rotatable bonds is 6. The summed E-state index contributed by atoms with van der Waals surface area (Å²) < 4.78 is 22.7. The third kappa shape index (κ3) is 4.46. The average molecular weight is 434 g/mol. The Hall–Kier alpha value is -2.52. The van der Waals surface area contributed by atoms with Crippen LogP contribution in [-0.4, -0.2) is 37.1 Å². The molecule has 2 aliphatic rings. The van der Waals surface area contributed by atoms with Crippen LogP contribution in [0.4, 0.5) is 5.69 Å². The Bertz CT molecular complexity index is 984. The van der Waals surface area contributed by atoms with Gasteiger partial charge in [0.1, 0.15) is 6.04 Å². The van der Waals surface area contributed by atoms with Crippen molar-refractivity contribution >= 4 is 33.4 Å². The summed E-state index contributed by atoms with van der Waals surface area (Å²) in [5, 5.41) is 7.76. The summed E-state index contributed by atoms with van der Waals surface area (Å²) in [5.41, 5.74) is 0.348. The Morgan fingerprint density at radius 3 is 2.30 bits per heavy atom. The van der Waals surface area contributed by atoms with Crippen molar-refractivity contribution in [2.24, 2.45) is 28.8 Å². The maximum atomic E-state index is 13.1. The van der Waals surface area contributed by atoms with Crippen LogP contribution >= 0.6 is 0 Å². The van der Waals surface area contributed by atoms with Gasteiger partial charge in [-0.1, -0.05) is 32.9 Å². The second-order valence-electron chi connectivity index (χ2n) is 8.42. The zero-order chi connectivity index (χ0) is 22.2. The van der Waals surface area contributed by atoms with Gasteiger partial charge in [-0.25, -0.2) is 13.6 Å². The van der Waals surface area contributed by atoms with E-state index >= 15 is 0 Å². The molecule has 0 saturated carbocycles. The lowest BCUT2D eigenvalue weighted by Crippen LogP contribution is -2.50. The Morgan fingerprint density at radius 2 is 1.80 bits per heavy atom. The number of anilines is 1. The van der Waals surface area contributed by atoms with Crippen LogP contribution in [0.15, 0.2) is 41.3 Å². The zero-order valence-electron chi connectivity index (χ0n) is 17.2. The van der Waals surface area contributed by atoms with Gasteiger partial charge in [-0.05, 0) is 48.4 Å². The summed E-state index contributed by atoms with van der Waals surface area (Å²) in [4.78, 5) is 39.8. The van der Waals surface area contributed by atoms with Gasteiger partial charge in [-0.2, -0.15) is 0 Å². The monoisotopic (exact) mass is 433 g/mol. The predicted octanol–water partition coefficient (Wildman–Crippen LogP) is 1.88. The molecule has 9 heteroatoms. The van der Waals surface area contributed by atoms with Gasteiger partial charge < -0.3 is 5.32 Å². The van der Waals surface area contributed by atoms with Crippen molar-refractivity contribution < 1.29 is 22.8 Å². The second kappa shape index (κ2) is 8.31. The van der Waals surface area contributed by atoms with E-state index in [1.807, 2.05) is 6.08 Å². The van der Waals surface area contributed by atoms with Crippen molar-refractivity contribution in [2.75, 3.05) is 5.32 Å². The molecule has 162 valence electrons. The van der Waals surface area contributed by atoms with Gasteiger partial charge in [-0.15, -0.1) is 0 Å². The van der Waals surface area contributed by atoms with Crippen molar-refractivity contribution in [1.82, 2.24) is 4.90 Å². The molecule has 0 bridgehead atoms. The van der Waals surface area contributed by atoms with Gasteiger partial charge in [0, 0.05) is 12.1 Å². The van der Waals surface area contributed by atoms with E-state index in [1.165, 1.54) is 24.3 Å². The molecular formula is C21H27N3O5S. The molecule has 4 atom stereocenters. The molecule has 30 heavy (non-hydrogen) atoms. The fourth-order valence-corrected chi connectivity index (χ4v) is 4.70. The number of hydrogen-bond acceptors (Lipinski definition) is 5. The second-order valence-corrected chi connectivity index (χ2v) is 9.98. The largest absolute Gasteiger partial charge is 0.324 e. The molecule has 3 amide bonds. The highest BCUT2D eigenvalue weighted by atomic mass is 32.2. The summed E-state index contributed by atoms with van der Waals surface area (Å²) in [7, 11) is -3.84. The Morgan fingerprint density at radius 1 is 1.17 bits per heavy atom. The van der Waals surface area contributed by atoms with Crippen LogP contribution in [0.3, 0.4) is 0 Å². The number of carbonyl (C=O) groups excluding carboxylic acids is 3. The van der Waals surface area contributed by atoms with Gasteiger partial charge in [0.2, 0.25) is 27.7 Å². The van der Waals surface area contributed by atoms with Gasteiger partial charge >= 0.3 is 0 Å². The number of allylic oxidation sites excluding steroid dienone is 2. The summed E-state index contributed by atoms with van der Waals surface area (Å²) in [6.45, 7) is 5.63. The van der Waals surface area contributed by atoms with Crippen molar-refractivity contribution in [2.45, 2.75) is 44.6 Å². The number of amides is 3. The van der Waals surface area contributed by atoms with E-state index < -0.39 is 27.9 Å². The smallest absolute Gasteiger partial charge is 0.247 e. The van der Waals surface area contributed by atoms with Crippen molar-refractivity contribution in [3.05, 3.63) is 36.4 Å². The highest BCUT2D eigenvalue weighted by molar-refractivity contribution is 7.89. The Labute approximate surface area is 176 Å². The summed E-state index contributed by atoms with van der Waals surface area (Å²) in [6.07, 6.45) is 5.00. The Kier molecular flexibility index (Phi) is 6.14. The molecule has 1 fully saturated rings. The number of benzene rings is 1. The normalized spacial score (nSPS) is 25.2. The molecule has 1 saturated heterocycles. The predicted molar refractivity (Wildman–Crippen MR) is 111 cm³/mol. The van der Waals surface area contributed by atoms with E-state index in [0.717, 1.165) is 11.3 Å². The van der Waals surface area contributed by atoms with E-state index in [0.29, 0.717) is 11.6 Å². The van der Waals surface area contributed by atoms with Crippen LogP contribution < -0.4 is 10.5 Å². The summed E-state index contributed by atoms with van der Waals surface area (Å²) in [6, 6.07) is 4.44. The molecule has 1 aliphatic heterocycles. The number of likely N-dealkylation sites (tertiary alicyclic amines) is 1. The SMILES string of the molecule is CC(C)[C@@H](C(=O)Nc1ccc(S(N)(=O)=O)cc1)N1C(=O)C[C@@H]([C@@H]2C=C[C@@H](C)C2)C1=O. The molecular weight excluding hydrogens is 406 g/mol. The first-order valence-electron chi connectivity index (χ1n) is 9.97. The molecule has 1 aromatic carbocycles. The van der Waals surface area contributed by atoms with E-state index in [4.69, 9.17) is 5.14 Å². The highest BCUT2D eigenvalue weighted by Crippen LogP contribution is 2.37. The number of sulfonamides is 1. The topological polar surface area (TPSA) is 127 Å². The van der Waals surface area contributed by atoms with Crippen molar-refractivity contribution in [3.8, 4) is 0 Å². The highest BCUT2D eigenvalue weighted by Gasteiger charge is 2.48. The lowest BCUT2D eigenvalue weighted by atomic mass is 9.89. The first kappa shape index (κ1) is 22.2. The minimum atomic E-state index is -3.84. The molecule has 3 rings (SSSR count). The molecule has 1 aliphatic carbocycles. The van der Waals surface area contributed by atoms with Crippen molar-refractivity contribution in [3.63, 3.8) is 0 Å². The van der Waals surface area contributed by atoms with Crippen molar-refractivity contribution in [1.29, 1.82) is 0 Å². The van der Waals surface area contributed by atoms with Crippen LogP contribution in [0, 0.1) is 23.7 Å². The van der Waals surface area contributed by atoms with Gasteiger partial charge in [0.15, 0.2) is 0 Å². The molecule has 8 nitrogen and oxygen atoms in total. The fraction of sp³-hybridized carbons (Fsp3) is 0.476. The van der Waals surface area contributed by atoms with Gasteiger partial charge in [0.05, 0.1) is 10.8 Å². The number of carbonyl (C=O) groups is 3. The first-order chi connectivity index (χ1) is 14.0. The average Bonchev–Trinajstić information content (AvgIpc) is 3.19. The van der Waals surface area contributed by atoms with E-state index in [-0.39, 0.29) is 35.0 Å². The van der Waals surface area contributed by atoms with E-state index in [2.05, 4.69) is 18.3 Å². The fourth-order valence-electron chi connectivity index (χ4n) is 4.18. The Balaban J connectivity index is 1.78. The van der Waals surface area contributed by atoms with Gasteiger partial charge in [-0.3, -0.25) is 19.3 Å². The molecule has 0 radical (unpaired) electrons. The maximum absolute atomic E-state index is 13.1. The van der Waals surface area contributed by atoms with E-state index in [1.54, 1.807) is 13.8 Å². The van der Waals surface area contributed by atoms with Crippen LogP contribution in [0.1, 0.15) is 33.6 Å². The number of hydrogen-bond donors (Lipinski definition) is 2. The molecule has 0 aromatic heterocycles. The van der Waals surface area contributed by atoms with Crippen LogP contribution in [0.2, 0.25) is 0 Å². The molecule has 0 unspecified atom stereocenters. The molecule has 1 heterocycles. The minimum Gasteiger partial charge on any atom is -0.324 e. The molecule has 0 spiro atoms. The van der Waals surface area contributed by atoms with E-state index in [9.17, 15) is 22.8 Å². The lowest BCUT2D eigenvalue weighted by Gasteiger charge is -2.29. The third-order valence-corrected chi connectivity index (χ3v) is 6.62. The molecule has 3 N–H and O–H groups in total. The summed E-state index contributed by atoms with van der Waals surface area (Å²) in [5.74, 6) is -1.47. The lowest BCUT2D eigenvalue weighted by molar-refractivity contribution is -0.147. The minimum absolute atomic E-state index is 0.0167. The van der Waals surface area contributed by atoms with Crippen LogP contribution in [0.25, 0.3) is 0 Å². The van der Waals surface area contributed by atoms with Crippen LogP contribution in [0.5, 0.6) is 0 Å². The quantitative estimate of drug-likeness (QED) is 0.523. The number of nitrogens with one attached hydrogen (secondary N) is 1. The zero-order valence-corrected chi connectivity index (χ0v) is 18.1. The number of nitrogens with two attached hydrogens (primary N) is 1. The maximum Gasteiger partial charge on any atom is 0.247 e. The third-order valence-electron chi connectivity index (χ3n) is 5.69. The molecule has 1 aromatic rings. The first-order valence-corrected chi connectivity index (χ1v) is 11.5. The summed E-state index contributed by atoms with van der Waals surface area (Å²) >= 11 is 0. The number of nitrogens with zero attached hydrogens (tertiary/aromatic N) is 1. The standard InChI is InChI=1S/C21H27N3O5S/c1-12(2)19(20(26)23-15-6-8-16(9-7-15)30(22,28)29)24-18(25)11-17(21(24)27)14-5-4-13(3)10-14/h4-9,12-14,17,19H,10-11H2,1-3H3,(H,23,26)(H2,22,28,29)/t13-,14-,17+,19+/m1/s1. The number of primary sulfonamides is 1. The number of imide groups is 1. The van der Waals surface area contributed by atoms with Gasteiger partial charge in [0.25, 0.3) is 0 Å². The van der Waals surface area contributed by atoms with Crippen LogP contribution in [-0.2, 0) is 24.4 Å².